The largest absolute Gasteiger partial charge is 0.507 e. The van der Waals surface area contributed by atoms with Crippen LogP contribution in [0.1, 0.15) is 22.9 Å². The number of likely N-dealkylation sites (tertiary alicyclic amines) is 1. The molecule has 1 aliphatic rings. The van der Waals surface area contributed by atoms with Crippen molar-refractivity contribution in [2.24, 2.45) is 0 Å². The van der Waals surface area contributed by atoms with E-state index in [0.29, 0.717) is 27.8 Å². The summed E-state index contributed by atoms with van der Waals surface area (Å²) in [6.07, 6.45) is 1.49. The molecule has 1 amide bonds. The van der Waals surface area contributed by atoms with Gasteiger partial charge in [0.05, 0.1) is 44.2 Å². The van der Waals surface area contributed by atoms with Gasteiger partial charge in [-0.2, -0.15) is 0 Å². The van der Waals surface area contributed by atoms with Gasteiger partial charge in [0, 0.05) is 5.02 Å². The number of rotatable bonds is 6. The molecule has 1 aliphatic heterocycles. The second kappa shape index (κ2) is 8.80. The van der Waals surface area contributed by atoms with E-state index in [1.54, 1.807) is 54.6 Å². The first kappa shape index (κ1) is 21.5. The molecule has 3 aromatic rings. The molecule has 1 atom stereocenters. The van der Waals surface area contributed by atoms with E-state index in [4.69, 9.17) is 25.5 Å². The number of carbonyl (C=O) groups is 2. The maximum Gasteiger partial charge on any atom is 0.296 e. The van der Waals surface area contributed by atoms with Crippen LogP contribution in [0.2, 0.25) is 5.02 Å². The Balaban J connectivity index is 1.91. The van der Waals surface area contributed by atoms with E-state index >= 15 is 0 Å². The monoisotopic (exact) mass is 453 g/mol. The highest BCUT2D eigenvalue weighted by atomic mass is 35.5. The number of carbonyl (C=O) groups excluding carboxylic acids is 2. The molecule has 4 rings (SSSR count). The van der Waals surface area contributed by atoms with Crippen molar-refractivity contribution in [3.8, 4) is 11.5 Å². The Kier molecular flexibility index (Phi) is 5.92. The molecule has 0 spiro atoms. The third-order valence-electron chi connectivity index (χ3n) is 5.29. The van der Waals surface area contributed by atoms with Gasteiger partial charge in [-0.25, -0.2) is 0 Å². The highest BCUT2D eigenvalue weighted by molar-refractivity contribution is 6.46. The summed E-state index contributed by atoms with van der Waals surface area (Å²) in [5.41, 5.74) is 0.792. The topological polar surface area (TPSA) is 89.2 Å². The Labute approximate surface area is 189 Å². The van der Waals surface area contributed by atoms with Gasteiger partial charge < -0.3 is 23.9 Å². The minimum atomic E-state index is -0.853. The standard InChI is InChI=1S/C24H20ClNO6/c1-30-16-9-10-19(31-2)18(12-16)22(27)20-21(14-5-7-15(25)8-6-14)26(24(29)23(20)28)13-17-4-3-11-32-17/h3-12,21,27H,13H2,1-2H3/b22-20+. The number of hydrogen-bond acceptors (Lipinski definition) is 6. The summed E-state index contributed by atoms with van der Waals surface area (Å²) in [5, 5.41) is 11.8. The summed E-state index contributed by atoms with van der Waals surface area (Å²) in [4.78, 5) is 27.5. The number of ether oxygens (including phenoxy) is 2. The predicted molar refractivity (Wildman–Crippen MR) is 118 cm³/mol. The number of benzene rings is 2. The Morgan fingerprint density at radius 1 is 1.09 bits per heavy atom. The fraction of sp³-hybridized carbons (Fsp3) is 0.167. The van der Waals surface area contributed by atoms with Crippen LogP contribution in [0.15, 0.2) is 70.9 Å². The van der Waals surface area contributed by atoms with Crippen LogP contribution in [0.3, 0.4) is 0 Å². The Hall–Kier alpha value is -3.71. The van der Waals surface area contributed by atoms with Crippen molar-refractivity contribution >= 4 is 29.1 Å². The summed E-state index contributed by atoms with van der Waals surface area (Å²) in [6.45, 7) is 0.0525. The molecule has 7 nitrogen and oxygen atoms in total. The molecular formula is C24H20ClNO6. The van der Waals surface area contributed by atoms with E-state index in [0.717, 1.165) is 0 Å². The number of ketones is 1. The van der Waals surface area contributed by atoms with Crippen LogP contribution in [0.25, 0.3) is 5.76 Å². The Morgan fingerprint density at radius 2 is 1.84 bits per heavy atom. The average molecular weight is 454 g/mol. The van der Waals surface area contributed by atoms with Crippen LogP contribution in [0.4, 0.5) is 0 Å². The highest BCUT2D eigenvalue weighted by Gasteiger charge is 2.46. The highest BCUT2D eigenvalue weighted by Crippen LogP contribution is 2.42. The van der Waals surface area contributed by atoms with Gasteiger partial charge in [0.1, 0.15) is 23.0 Å². The molecule has 8 heteroatoms. The summed E-state index contributed by atoms with van der Waals surface area (Å²) < 4.78 is 16.0. The first-order chi connectivity index (χ1) is 15.4. The van der Waals surface area contributed by atoms with Gasteiger partial charge in [0.15, 0.2) is 0 Å². The molecule has 0 aliphatic carbocycles. The van der Waals surface area contributed by atoms with Gasteiger partial charge in [0.2, 0.25) is 0 Å². The van der Waals surface area contributed by atoms with Crippen LogP contribution in [0.5, 0.6) is 11.5 Å². The van der Waals surface area contributed by atoms with E-state index in [9.17, 15) is 14.7 Å². The summed E-state index contributed by atoms with van der Waals surface area (Å²) in [7, 11) is 2.94. The van der Waals surface area contributed by atoms with Gasteiger partial charge in [0.25, 0.3) is 11.7 Å². The zero-order valence-electron chi connectivity index (χ0n) is 17.4. The van der Waals surface area contributed by atoms with Gasteiger partial charge in [-0.3, -0.25) is 9.59 Å². The van der Waals surface area contributed by atoms with Gasteiger partial charge in [-0.15, -0.1) is 0 Å². The van der Waals surface area contributed by atoms with E-state index in [1.165, 1.54) is 25.4 Å². The second-order valence-electron chi connectivity index (χ2n) is 7.12. The molecule has 1 fully saturated rings. The van der Waals surface area contributed by atoms with Crippen LogP contribution in [-0.4, -0.2) is 35.9 Å². The lowest BCUT2D eigenvalue weighted by atomic mass is 9.95. The van der Waals surface area contributed by atoms with Gasteiger partial charge in [-0.05, 0) is 48.0 Å². The van der Waals surface area contributed by atoms with Crippen LogP contribution in [-0.2, 0) is 16.1 Å². The normalized spacial score (nSPS) is 17.6. The van der Waals surface area contributed by atoms with Gasteiger partial charge in [-0.1, -0.05) is 23.7 Å². The zero-order chi connectivity index (χ0) is 22.8. The molecule has 0 saturated carbocycles. The zero-order valence-corrected chi connectivity index (χ0v) is 18.1. The first-order valence-corrected chi connectivity index (χ1v) is 10.1. The molecule has 32 heavy (non-hydrogen) atoms. The van der Waals surface area contributed by atoms with E-state index in [1.807, 2.05) is 0 Å². The van der Waals surface area contributed by atoms with Crippen LogP contribution < -0.4 is 9.47 Å². The van der Waals surface area contributed by atoms with Crippen molar-refractivity contribution in [2.75, 3.05) is 14.2 Å². The molecule has 1 saturated heterocycles. The molecule has 1 unspecified atom stereocenters. The third kappa shape index (κ3) is 3.83. The quantitative estimate of drug-likeness (QED) is 0.334. The molecular weight excluding hydrogens is 434 g/mol. The molecule has 2 heterocycles. The number of Topliss-reactive ketones (excluding diaryl/α,β-unsaturated/α-hetero) is 1. The van der Waals surface area contributed by atoms with E-state index < -0.39 is 17.7 Å². The lowest BCUT2D eigenvalue weighted by Crippen LogP contribution is -2.29. The maximum absolute atomic E-state index is 13.1. The molecule has 164 valence electrons. The number of amides is 1. The fourth-order valence-electron chi connectivity index (χ4n) is 3.75. The van der Waals surface area contributed by atoms with Crippen molar-refractivity contribution < 1.29 is 28.6 Å². The first-order valence-electron chi connectivity index (χ1n) is 9.73. The molecule has 2 aromatic carbocycles. The summed E-state index contributed by atoms with van der Waals surface area (Å²) >= 11 is 6.04. The maximum atomic E-state index is 13.1. The minimum Gasteiger partial charge on any atom is -0.507 e. The van der Waals surface area contributed by atoms with Crippen molar-refractivity contribution in [3.63, 3.8) is 0 Å². The van der Waals surface area contributed by atoms with Crippen LogP contribution >= 0.6 is 11.6 Å². The minimum absolute atomic E-state index is 0.0525. The Bertz CT molecular complexity index is 1180. The number of aliphatic hydroxyl groups excluding tert-OH is 1. The van der Waals surface area contributed by atoms with Crippen LogP contribution in [0, 0.1) is 0 Å². The molecule has 0 radical (unpaired) electrons. The van der Waals surface area contributed by atoms with Crippen molar-refractivity contribution in [1.29, 1.82) is 0 Å². The lowest BCUT2D eigenvalue weighted by Gasteiger charge is -2.24. The third-order valence-corrected chi connectivity index (χ3v) is 5.55. The predicted octanol–water partition coefficient (Wildman–Crippen LogP) is 4.57. The Morgan fingerprint density at radius 3 is 2.47 bits per heavy atom. The fourth-order valence-corrected chi connectivity index (χ4v) is 3.88. The van der Waals surface area contributed by atoms with Crippen molar-refractivity contribution in [1.82, 2.24) is 4.90 Å². The summed E-state index contributed by atoms with van der Waals surface area (Å²) in [6, 6.07) is 14.1. The number of furan rings is 1. The van der Waals surface area contributed by atoms with Gasteiger partial charge >= 0.3 is 0 Å². The molecule has 1 aromatic heterocycles. The average Bonchev–Trinajstić information content (AvgIpc) is 3.41. The molecule has 0 bridgehead atoms. The second-order valence-corrected chi connectivity index (χ2v) is 7.56. The number of halogens is 1. The molecule has 1 N–H and O–H groups in total. The number of aliphatic hydroxyl groups is 1. The van der Waals surface area contributed by atoms with Crippen molar-refractivity contribution in [3.05, 3.63) is 88.3 Å². The van der Waals surface area contributed by atoms with E-state index in [2.05, 4.69) is 0 Å². The summed E-state index contributed by atoms with van der Waals surface area (Å²) in [5.74, 6) is -0.620. The SMILES string of the molecule is COc1ccc(OC)c(/C(O)=C2\C(=O)C(=O)N(Cc3ccco3)C2c2ccc(Cl)cc2)c1. The van der Waals surface area contributed by atoms with E-state index in [-0.39, 0.29) is 23.4 Å². The van der Waals surface area contributed by atoms with Crippen molar-refractivity contribution in [2.45, 2.75) is 12.6 Å². The lowest BCUT2D eigenvalue weighted by molar-refractivity contribution is -0.140. The smallest absolute Gasteiger partial charge is 0.296 e. The number of methoxy groups -OCH3 is 2. The number of hydrogen-bond donors (Lipinski definition) is 1. The number of nitrogens with zero attached hydrogens (tertiary/aromatic N) is 1.